The summed E-state index contributed by atoms with van der Waals surface area (Å²) >= 11 is 0. The van der Waals surface area contributed by atoms with Crippen molar-refractivity contribution in [3.05, 3.63) is 59.5 Å². The van der Waals surface area contributed by atoms with Crippen LogP contribution in [0, 0.1) is 5.82 Å². The minimum Gasteiger partial charge on any atom is -0.394 e. The Morgan fingerprint density at radius 3 is 2.86 bits per heavy atom. The molecule has 8 nitrogen and oxygen atoms in total. The molecule has 1 amide bonds. The maximum absolute atomic E-state index is 13.8. The summed E-state index contributed by atoms with van der Waals surface area (Å²) in [5, 5.41) is 13.1. The van der Waals surface area contributed by atoms with Gasteiger partial charge in [-0.3, -0.25) is 9.78 Å². The number of rotatable bonds is 6. The first kappa shape index (κ1) is 23.4. The summed E-state index contributed by atoms with van der Waals surface area (Å²) in [6.45, 7) is 5.28. The Hall–Kier alpha value is -3.30. The largest absolute Gasteiger partial charge is 0.394 e. The van der Waals surface area contributed by atoms with Gasteiger partial charge < -0.3 is 25.0 Å². The lowest BCUT2D eigenvalue weighted by molar-refractivity contribution is 0.0677. The molecule has 2 saturated heterocycles. The number of likely N-dealkylation sites (tertiary alicyclic amines) is 1. The Bertz CT molecular complexity index is 1220. The zero-order valence-corrected chi connectivity index (χ0v) is 19.8. The van der Waals surface area contributed by atoms with Crippen LogP contribution in [0.15, 0.2) is 42.6 Å². The number of anilines is 2. The van der Waals surface area contributed by atoms with Gasteiger partial charge in [0.2, 0.25) is 0 Å². The van der Waals surface area contributed by atoms with Gasteiger partial charge in [-0.1, -0.05) is 6.07 Å². The number of halogens is 1. The van der Waals surface area contributed by atoms with Gasteiger partial charge in [0, 0.05) is 36.4 Å². The number of amides is 1. The predicted octanol–water partition coefficient (Wildman–Crippen LogP) is 3.38. The third-order valence-corrected chi connectivity index (χ3v) is 6.77. The fourth-order valence-electron chi connectivity index (χ4n) is 4.90. The molecule has 2 N–H and O–H groups in total. The molecule has 35 heavy (non-hydrogen) atoms. The molecule has 9 heteroatoms. The summed E-state index contributed by atoms with van der Waals surface area (Å²) in [6.07, 6.45) is 3.41. The summed E-state index contributed by atoms with van der Waals surface area (Å²) in [5.74, 6) is 0.315. The van der Waals surface area contributed by atoms with Gasteiger partial charge in [-0.25, -0.2) is 9.37 Å². The van der Waals surface area contributed by atoms with E-state index < -0.39 is 0 Å². The van der Waals surface area contributed by atoms with E-state index in [1.165, 1.54) is 12.1 Å². The number of hydrogen-bond donors (Lipinski definition) is 2. The second-order valence-electron chi connectivity index (χ2n) is 9.11. The van der Waals surface area contributed by atoms with Gasteiger partial charge in [0.25, 0.3) is 5.91 Å². The van der Waals surface area contributed by atoms with Crippen LogP contribution in [0.5, 0.6) is 0 Å². The normalized spacial score (nSPS) is 19.2. The summed E-state index contributed by atoms with van der Waals surface area (Å²) in [7, 11) is 0. The number of aromatic nitrogens is 2. The maximum atomic E-state index is 13.8. The van der Waals surface area contributed by atoms with Gasteiger partial charge >= 0.3 is 0 Å². The second-order valence-corrected chi connectivity index (χ2v) is 9.11. The molecule has 5 rings (SSSR count). The van der Waals surface area contributed by atoms with Gasteiger partial charge in [-0.15, -0.1) is 0 Å². The number of fused-ring (bicyclic) bond motifs is 1. The lowest BCUT2D eigenvalue weighted by Crippen LogP contribution is -2.37. The Balaban J connectivity index is 1.56. The van der Waals surface area contributed by atoms with Crippen LogP contribution in [0.2, 0.25) is 0 Å². The molecule has 2 fully saturated rings. The first-order chi connectivity index (χ1) is 17.0. The second kappa shape index (κ2) is 10.1. The number of aliphatic hydroxyl groups is 1. The smallest absolute Gasteiger partial charge is 0.254 e. The Morgan fingerprint density at radius 2 is 2.09 bits per heavy atom. The van der Waals surface area contributed by atoms with E-state index in [2.05, 4.69) is 15.2 Å². The monoisotopic (exact) mass is 479 g/mol. The molecule has 1 aromatic heterocycles. The third kappa shape index (κ3) is 4.92. The van der Waals surface area contributed by atoms with E-state index in [4.69, 9.17) is 9.72 Å². The van der Waals surface area contributed by atoms with Crippen molar-refractivity contribution in [3.63, 3.8) is 0 Å². The van der Waals surface area contributed by atoms with Crippen LogP contribution in [0.25, 0.3) is 11.0 Å². The Morgan fingerprint density at radius 1 is 1.26 bits per heavy atom. The number of carbonyl (C=O) groups excluding carboxylic acids is 1. The number of hydrogen-bond acceptors (Lipinski definition) is 7. The number of nitrogens with zero attached hydrogens (tertiary/aromatic N) is 4. The summed E-state index contributed by atoms with van der Waals surface area (Å²) in [6, 6.07) is 9.49. The van der Waals surface area contributed by atoms with Crippen LogP contribution in [0.4, 0.5) is 15.9 Å². The molecule has 2 atom stereocenters. The quantitative estimate of drug-likeness (QED) is 0.560. The molecule has 2 aliphatic rings. The number of nitrogens with one attached hydrogen (secondary N) is 1. The van der Waals surface area contributed by atoms with Gasteiger partial charge in [0.15, 0.2) is 0 Å². The molecule has 0 saturated carbocycles. The van der Waals surface area contributed by atoms with Gasteiger partial charge in [-0.05, 0) is 50.1 Å². The molecule has 0 radical (unpaired) electrons. The van der Waals surface area contributed by atoms with E-state index in [0.29, 0.717) is 42.0 Å². The van der Waals surface area contributed by atoms with E-state index in [1.54, 1.807) is 29.3 Å². The zero-order valence-electron chi connectivity index (χ0n) is 19.8. The maximum Gasteiger partial charge on any atom is 0.254 e. The van der Waals surface area contributed by atoms with Crippen LogP contribution in [0.3, 0.4) is 0 Å². The lowest BCUT2D eigenvalue weighted by Gasteiger charge is -2.28. The Kier molecular flexibility index (Phi) is 6.79. The number of ether oxygens (including phenoxy) is 1. The first-order valence-corrected chi connectivity index (χ1v) is 12.1. The molecule has 0 aliphatic carbocycles. The molecule has 2 aromatic carbocycles. The van der Waals surface area contributed by atoms with Crippen molar-refractivity contribution in [3.8, 4) is 0 Å². The molecule has 3 heterocycles. The number of aliphatic hydroxyl groups excluding tert-OH is 1. The van der Waals surface area contributed by atoms with E-state index in [9.17, 15) is 14.3 Å². The minimum absolute atomic E-state index is 0.0492. The average Bonchev–Trinajstić information content (AvgIpc) is 3.37. The number of benzene rings is 2. The van der Waals surface area contributed by atoms with Crippen molar-refractivity contribution < 1.29 is 19.0 Å². The van der Waals surface area contributed by atoms with E-state index in [1.807, 2.05) is 13.0 Å². The van der Waals surface area contributed by atoms with Crippen molar-refractivity contribution in [2.75, 3.05) is 49.7 Å². The third-order valence-electron chi connectivity index (χ3n) is 6.77. The first-order valence-electron chi connectivity index (χ1n) is 12.1. The SMILES string of the molecule is CC(Nc1cccc(F)c1)c1cc(C(=O)N2CCC[C@H]2CO)cc2ncc(N3CCOCC3)nc12. The van der Waals surface area contributed by atoms with Crippen LogP contribution >= 0.6 is 0 Å². The molecule has 0 spiro atoms. The number of morpholine rings is 1. The van der Waals surface area contributed by atoms with Crippen molar-refractivity contribution >= 4 is 28.4 Å². The molecule has 2 aliphatic heterocycles. The van der Waals surface area contributed by atoms with Crippen LogP contribution in [-0.2, 0) is 4.74 Å². The van der Waals surface area contributed by atoms with Crippen LogP contribution < -0.4 is 10.2 Å². The molecular formula is C26H30FN5O3. The standard InChI is InChI=1S/C26H30FN5O3/c1-17(29-20-5-2-4-19(27)14-20)22-12-18(26(34)32-7-3-6-21(32)16-33)13-23-25(22)30-24(15-28-23)31-8-10-35-11-9-31/h2,4-5,12-15,17,21,29,33H,3,6-11,16H2,1H3/t17?,21-/m0/s1. The zero-order chi connectivity index (χ0) is 24.4. The van der Waals surface area contributed by atoms with E-state index in [-0.39, 0.29) is 30.4 Å². The molecule has 1 unspecified atom stereocenters. The van der Waals surface area contributed by atoms with Gasteiger partial charge in [0.1, 0.15) is 11.6 Å². The minimum atomic E-state index is -0.325. The van der Waals surface area contributed by atoms with Crippen molar-refractivity contribution in [1.82, 2.24) is 14.9 Å². The molecule has 3 aromatic rings. The summed E-state index contributed by atoms with van der Waals surface area (Å²) < 4.78 is 19.3. The lowest BCUT2D eigenvalue weighted by atomic mass is 10.0. The van der Waals surface area contributed by atoms with Crippen molar-refractivity contribution in [2.45, 2.75) is 31.8 Å². The average molecular weight is 480 g/mol. The van der Waals surface area contributed by atoms with E-state index in [0.717, 1.165) is 37.3 Å². The topological polar surface area (TPSA) is 90.8 Å². The predicted molar refractivity (Wildman–Crippen MR) is 132 cm³/mol. The van der Waals surface area contributed by atoms with Gasteiger partial charge in [-0.2, -0.15) is 0 Å². The molecule has 0 bridgehead atoms. The highest BCUT2D eigenvalue weighted by Crippen LogP contribution is 2.30. The summed E-state index contributed by atoms with van der Waals surface area (Å²) in [4.78, 5) is 26.9. The molecular weight excluding hydrogens is 449 g/mol. The van der Waals surface area contributed by atoms with Crippen LogP contribution in [-0.4, -0.2) is 71.4 Å². The highest BCUT2D eigenvalue weighted by atomic mass is 19.1. The fourth-order valence-corrected chi connectivity index (χ4v) is 4.90. The highest BCUT2D eigenvalue weighted by molar-refractivity contribution is 5.99. The summed E-state index contributed by atoms with van der Waals surface area (Å²) in [5.41, 5.74) is 3.27. The van der Waals surface area contributed by atoms with Gasteiger partial charge in [0.05, 0.1) is 49.1 Å². The fraction of sp³-hybridized carbons (Fsp3) is 0.423. The highest BCUT2D eigenvalue weighted by Gasteiger charge is 2.30. The molecule has 184 valence electrons. The number of carbonyl (C=O) groups is 1. The Labute approximate surface area is 203 Å². The van der Waals surface area contributed by atoms with Crippen molar-refractivity contribution in [1.29, 1.82) is 0 Å². The van der Waals surface area contributed by atoms with Crippen molar-refractivity contribution in [2.24, 2.45) is 0 Å². The van der Waals surface area contributed by atoms with E-state index >= 15 is 0 Å². The van der Waals surface area contributed by atoms with Crippen LogP contribution in [0.1, 0.15) is 41.7 Å².